The SMILES string of the molecule is CCC(F)F.CN=Nc1ccc(-c2c(F)cn3nc(N)nc(NC)c23)nc1C. The van der Waals surface area contributed by atoms with Crippen LogP contribution in [0.5, 0.6) is 0 Å². The molecule has 0 aliphatic carbocycles. The molecule has 3 aromatic rings. The van der Waals surface area contributed by atoms with Gasteiger partial charge in [-0.15, -0.1) is 5.10 Å². The summed E-state index contributed by atoms with van der Waals surface area (Å²) in [5.41, 5.74) is 8.15. The lowest BCUT2D eigenvalue weighted by Gasteiger charge is -2.07. The predicted octanol–water partition coefficient (Wildman–Crippen LogP) is 4.24. The number of aromatic nitrogens is 4. The Kier molecular flexibility index (Phi) is 6.85. The monoisotopic (exact) mass is 394 g/mol. The van der Waals surface area contributed by atoms with E-state index in [0.717, 1.165) is 0 Å². The second-order valence-electron chi connectivity index (χ2n) is 5.61. The standard InChI is InChI=1S/C14H15FN8.C3H6F2/c1-7-9(21-18-3)4-5-10(19-7)11-8(15)6-23-12(11)13(17-2)20-14(16)22-23;1-2-3(4)5/h4-6H,1-3H3,(H3,16,17,20,22);3H,2H2,1H3. The molecule has 0 aliphatic heterocycles. The first-order valence-electron chi connectivity index (χ1n) is 8.40. The van der Waals surface area contributed by atoms with E-state index in [4.69, 9.17) is 5.73 Å². The van der Waals surface area contributed by atoms with Gasteiger partial charge in [0.25, 0.3) is 0 Å². The zero-order valence-electron chi connectivity index (χ0n) is 15.9. The second kappa shape index (κ2) is 9.11. The summed E-state index contributed by atoms with van der Waals surface area (Å²) in [6.07, 6.45) is -0.893. The molecular weight excluding hydrogens is 373 g/mol. The zero-order valence-corrected chi connectivity index (χ0v) is 15.9. The molecule has 0 fully saturated rings. The highest BCUT2D eigenvalue weighted by Crippen LogP contribution is 2.33. The van der Waals surface area contributed by atoms with E-state index in [1.54, 1.807) is 33.2 Å². The maximum Gasteiger partial charge on any atom is 0.240 e. The van der Waals surface area contributed by atoms with Crippen molar-refractivity contribution in [2.45, 2.75) is 26.7 Å². The molecule has 3 heterocycles. The van der Waals surface area contributed by atoms with Crippen molar-refractivity contribution in [1.82, 2.24) is 19.6 Å². The Hall–Kier alpha value is -3.24. The molecule has 0 saturated heterocycles. The highest BCUT2D eigenvalue weighted by Gasteiger charge is 2.20. The summed E-state index contributed by atoms with van der Waals surface area (Å²) >= 11 is 0. The summed E-state index contributed by atoms with van der Waals surface area (Å²) in [6.45, 7) is 3.24. The van der Waals surface area contributed by atoms with Crippen LogP contribution < -0.4 is 11.1 Å². The van der Waals surface area contributed by atoms with Gasteiger partial charge in [0, 0.05) is 20.5 Å². The number of rotatable bonds is 4. The molecule has 3 rings (SSSR count). The fourth-order valence-corrected chi connectivity index (χ4v) is 2.39. The fourth-order valence-electron chi connectivity index (χ4n) is 2.39. The Balaban J connectivity index is 0.000000500. The fraction of sp³-hybridized carbons (Fsp3) is 0.353. The third kappa shape index (κ3) is 4.53. The van der Waals surface area contributed by atoms with Crippen molar-refractivity contribution in [2.75, 3.05) is 25.1 Å². The highest BCUT2D eigenvalue weighted by atomic mass is 19.3. The van der Waals surface area contributed by atoms with Crippen LogP contribution in [0.1, 0.15) is 19.0 Å². The van der Waals surface area contributed by atoms with E-state index < -0.39 is 12.2 Å². The number of nitrogens with one attached hydrogen (secondary N) is 1. The van der Waals surface area contributed by atoms with Crippen LogP contribution in [0.15, 0.2) is 28.6 Å². The summed E-state index contributed by atoms with van der Waals surface area (Å²) in [5, 5.41) is 14.6. The van der Waals surface area contributed by atoms with Crippen LogP contribution >= 0.6 is 0 Å². The van der Waals surface area contributed by atoms with Crippen molar-refractivity contribution in [3.63, 3.8) is 0 Å². The Morgan fingerprint density at radius 3 is 2.50 bits per heavy atom. The van der Waals surface area contributed by atoms with Crippen molar-refractivity contribution >= 4 is 23.0 Å². The number of nitrogen functional groups attached to an aromatic ring is 1. The van der Waals surface area contributed by atoms with Gasteiger partial charge in [-0.25, -0.2) is 17.7 Å². The number of aryl methyl sites for hydroxylation is 1. The van der Waals surface area contributed by atoms with Crippen LogP contribution in [-0.4, -0.2) is 40.1 Å². The quantitative estimate of drug-likeness (QED) is 0.644. The lowest BCUT2D eigenvalue weighted by atomic mass is 10.1. The van der Waals surface area contributed by atoms with Gasteiger partial charge in [-0.3, -0.25) is 4.98 Å². The second-order valence-corrected chi connectivity index (χ2v) is 5.61. The first kappa shape index (κ1) is 21.1. The maximum atomic E-state index is 14.5. The van der Waals surface area contributed by atoms with Gasteiger partial charge in [-0.1, -0.05) is 6.92 Å². The first-order chi connectivity index (χ1) is 13.3. The number of halogens is 3. The number of hydrogen-bond acceptors (Lipinski definition) is 7. The third-order valence-corrected chi connectivity index (χ3v) is 3.67. The molecular formula is C17H21F3N8. The molecule has 150 valence electrons. The van der Waals surface area contributed by atoms with Crippen LogP contribution in [0.25, 0.3) is 16.8 Å². The van der Waals surface area contributed by atoms with Gasteiger partial charge in [0.1, 0.15) is 11.2 Å². The van der Waals surface area contributed by atoms with Crippen LogP contribution in [-0.2, 0) is 0 Å². The van der Waals surface area contributed by atoms with E-state index in [-0.39, 0.29) is 12.4 Å². The zero-order chi connectivity index (χ0) is 20.8. The van der Waals surface area contributed by atoms with Gasteiger partial charge in [-0.05, 0) is 19.1 Å². The van der Waals surface area contributed by atoms with Crippen LogP contribution in [0.4, 0.5) is 30.6 Å². The Bertz CT molecular complexity index is 984. The number of alkyl halides is 2. The molecule has 11 heteroatoms. The minimum absolute atomic E-state index is 0.0278. The topological polar surface area (TPSA) is 106 Å². The molecule has 0 aromatic carbocycles. The number of anilines is 2. The van der Waals surface area contributed by atoms with Gasteiger partial charge < -0.3 is 11.1 Å². The van der Waals surface area contributed by atoms with Gasteiger partial charge >= 0.3 is 0 Å². The van der Waals surface area contributed by atoms with Crippen LogP contribution in [0, 0.1) is 12.7 Å². The molecule has 3 N–H and O–H groups in total. The normalized spacial score (nSPS) is 11.1. The summed E-state index contributed by atoms with van der Waals surface area (Å²) in [5.74, 6) is 0.0117. The Labute approximate surface area is 159 Å². The summed E-state index contributed by atoms with van der Waals surface area (Å²) < 4.78 is 37.4. The van der Waals surface area contributed by atoms with Gasteiger partial charge in [0.2, 0.25) is 12.4 Å². The summed E-state index contributed by atoms with van der Waals surface area (Å²) in [6, 6.07) is 3.43. The third-order valence-electron chi connectivity index (χ3n) is 3.67. The van der Waals surface area contributed by atoms with E-state index >= 15 is 0 Å². The van der Waals surface area contributed by atoms with Crippen molar-refractivity contribution in [3.05, 3.63) is 29.8 Å². The van der Waals surface area contributed by atoms with Gasteiger partial charge in [-0.2, -0.15) is 15.2 Å². The number of fused-ring (bicyclic) bond motifs is 1. The molecule has 0 radical (unpaired) electrons. The minimum atomic E-state index is -2.12. The molecule has 8 nitrogen and oxygen atoms in total. The lowest BCUT2D eigenvalue weighted by molar-refractivity contribution is 0.144. The average molecular weight is 394 g/mol. The van der Waals surface area contributed by atoms with Gasteiger partial charge in [0.15, 0.2) is 11.6 Å². The molecule has 0 saturated carbocycles. The van der Waals surface area contributed by atoms with E-state index in [1.807, 2.05) is 0 Å². The number of hydrogen-bond donors (Lipinski definition) is 2. The molecule has 0 unspecified atom stereocenters. The number of azo groups is 1. The largest absolute Gasteiger partial charge is 0.371 e. The predicted molar refractivity (Wildman–Crippen MR) is 102 cm³/mol. The van der Waals surface area contributed by atoms with Crippen molar-refractivity contribution in [1.29, 1.82) is 0 Å². The lowest BCUT2D eigenvalue weighted by Crippen LogP contribution is -2.05. The minimum Gasteiger partial charge on any atom is -0.371 e. The smallest absolute Gasteiger partial charge is 0.240 e. The van der Waals surface area contributed by atoms with E-state index in [1.165, 1.54) is 17.6 Å². The van der Waals surface area contributed by atoms with Crippen LogP contribution in [0.3, 0.4) is 0 Å². The summed E-state index contributed by atoms with van der Waals surface area (Å²) in [7, 11) is 3.26. The summed E-state index contributed by atoms with van der Waals surface area (Å²) in [4.78, 5) is 8.52. The Morgan fingerprint density at radius 2 is 1.96 bits per heavy atom. The number of nitrogens with two attached hydrogens (primary N) is 1. The van der Waals surface area contributed by atoms with Crippen molar-refractivity contribution < 1.29 is 13.2 Å². The van der Waals surface area contributed by atoms with Gasteiger partial charge in [0.05, 0.1) is 23.1 Å². The van der Waals surface area contributed by atoms with Crippen molar-refractivity contribution in [2.24, 2.45) is 10.2 Å². The van der Waals surface area contributed by atoms with E-state index in [9.17, 15) is 13.2 Å². The number of pyridine rings is 1. The molecule has 0 spiro atoms. The van der Waals surface area contributed by atoms with E-state index in [0.29, 0.717) is 34.0 Å². The molecule has 0 amide bonds. The average Bonchev–Trinajstić information content (AvgIpc) is 2.98. The van der Waals surface area contributed by atoms with E-state index in [2.05, 4.69) is 30.6 Å². The first-order valence-corrected chi connectivity index (χ1v) is 8.40. The van der Waals surface area contributed by atoms with Crippen LogP contribution in [0.2, 0.25) is 0 Å². The number of nitrogens with zero attached hydrogens (tertiary/aromatic N) is 6. The molecule has 0 atom stereocenters. The maximum absolute atomic E-state index is 14.5. The highest BCUT2D eigenvalue weighted by molar-refractivity contribution is 5.88. The molecule has 0 bridgehead atoms. The molecule has 3 aromatic heterocycles. The van der Waals surface area contributed by atoms with Crippen molar-refractivity contribution in [3.8, 4) is 11.3 Å². The molecule has 28 heavy (non-hydrogen) atoms. The Morgan fingerprint density at radius 1 is 1.29 bits per heavy atom. The molecule has 0 aliphatic rings.